The zero-order valence-corrected chi connectivity index (χ0v) is 9.74. The summed E-state index contributed by atoms with van der Waals surface area (Å²) >= 11 is 7.00. The molecule has 0 aliphatic carbocycles. The highest BCUT2D eigenvalue weighted by Crippen LogP contribution is 2.30. The lowest BCUT2D eigenvalue weighted by atomic mass is 10.0. The number of halogens is 2. The molecule has 0 bridgehead atoms. The van der Waals surface area contributed by atoms with Gasteiger partial charge in [0.2, 0.25) is 0 Å². The Kier molecular flexibility index (Phi) is 3.14. The minimum atomic E-state index is 0.571. The van der Waals surface area contributed by atoms with E-state index in [-0.39, 0.29) is 0 Å². The Balaban J connectivity index is 3.17. The van der Waals surface area contributed by atoms with Gasteiger partial charge in [-0.15, -0.1) is 0 Å². The minimum Gasteiger partial charge on any atom is -0.0608 e. The Hall–Kier alpha value is 0.180. The quantitative estimate of drug-likeness (QED) is 0.717. The number of hydrogen-bond acceptors (Lipinski definition) is 0. The van der Waals surface area contributed by atoms with Gasteiger partial charge in [-0.05, 0) is 49.4 Å². The van der Waals surface area contributed by atoms with E-state index < -0.39 is 0 Å². The van der Waals surface area contributed by atoms with Gasteiger partial charge in [0.15, 0.2) is 0 Å². The van der Waals surface area contributed by atoms with Crippen molar-refractivity contribution in [3.05, 3.63) is 32.7 Å². The van der Waals surface area contributed by atoms with E-state index in [0.717, 1.165) is 4.47 Å². The Bertz CT molecular complexity index is 254. The lowest BCUT2D eigenvalue weighted by molar-refractivity contribution is 0.859. The molecule has 0 aliphatic rings. The summed E-state index contributed by atoms with van der Waals surface area (Å²) in [5, 5.41) is 0. The van der Waals surface area contributed by atoms with Crippen LogP contribution >= 0.6 is 31.9 Å². The third kappa shape index (κ3) is 2.06. The lowest BCUT2D eigenvalue weighted by Gasteiger charge is -2.08. The van der Waals surface area contributed by atoms with E-state index in [1.165, 1.54) is 10.0 Å². The van der Waals surface area contributed by atoms with Gasteiger partial charge in [-0.1, -0.05) is 26.0 Å². The molecule has 60 valence electrons. The summed E-state index contributed by atoms with van der Waals surface area (Å²) in [5.74, 6) is 0.571. The number of rotatable bonds is 1. The number of benzene rings is 1. The smallest absolute Gasteiger partial charge is 0.0352 e. The highest BCUT2D eigenvalue weighted by Gasteiger charge is 2.05. The lowest BCUT2D eigenvalue weighted by Crippen LogP contribution is -1.88. The molecule has 0 aromatic heterocycles. The zero-order valence-electron chi connectivity index (χ0n) is 6.57. The van der Waals surface area contributed by atoms with Crippen molar-refractivity contribution >= 4 is 31.9 Å². The molecule has 0 spiro atoms. The van der Waals surface area contributed by atoms with Crippen molar-refractivity contribution in [1.29, 1.82) is 0 Å². The fourth-order valence-corrected chi connectivity index (χ4v) is 2.07. The van der Waals surface area contributed by atoms with Crippen LogP contribution in [-0.4, -0.2) is 0 Å². The topological polar surface area (TPSA) is 0 Å². The van der Waals surface area contributed by atoms with Gasteiger partial charge < -0.3 is 0 Å². The van der Waals surface area contributed by atoms with E-state index in [2.05, 4.69) is 57.8 Å². The van der Waals surface area contributed by atoms with Crippen LogP contribution in [0.2, 0.25) is 0 Å². The molecule has 1 aromatic rings. The Labute approximate surface area is 84.3 Å². The van der Waals surface area contributed by atoms with Gasteiger partial charge in [0.25, 0.3) is 0 Å². The first-order valence-corrected chi connectivity index (χ1v) is 5.15. The van der Waals surface area contributed by atoms with Crippen molar-refractivity contribution in [3.63, 3.8) is 0 Å². The normalized spacial score (nSPS) is 10.6. The SMILES string of the molecule is CC(C)c1cccc(Br)c1Br. The molecule has 0 atom stereocenters. The van der Waals surface area contributed by atoms with Crippen molar-refractivity contribution < 1.29 is 0 Å². The molecule has 0 radical (unpaired) electrons. The summed E-state index contributed by atoms with van der Waals surface area (Å²) in [6, 6.07) is 6.24. The molecule has 0 saturated carbocycles. The fraction of sp³-hybridized carbons (Fsp3) is 0.333. The van der Waals surface area contributed by atoms with Gasteiger partial charge in [-0.2, -0.15) is 0 Å². The van der Waals surface area contributed by atoms with Crippen molar-refractivity contribution in [3.8, 4) is 0 Å². The largest absolute Gasteiger partial charge is 0.0608 e. The standard InChI is InChI=1S/C9H10Br2/c1-6(2)7-4-3-5-8(10)9(7)11/h3-6H,1-2H3. The average Bonchev–Trinajstić information content (AvgIpc) is 1.94. The van der Waals surface area contributed by atoms with E-state index in [1.54, 1.807) is 0 Å². The van der Waals surface area contributed by atoms with Gasteiger partial charge >= 0.3 is 0 Å². The Morgan fingerprint density at radius 3 is 2.27 bits per heavy atom. The molecule has 0 nitrogen and oxygen atoms in total. The molecule has 0 unspecified atom stereocenters. The molecule has 0 amide bonds. The van der Waals surface area contributed by atoms with Crippen LogP contribution in [0.1, 0.15) is 25.3 Å². The van der Waals surface area contributed by atoms with Gasteiger partial charge in [0, 0.05) is 8.95 Å². The third-order valence-corrected chi connectivity index (χ3v) is 3.68. The summed E-state index contributed by atoms with van der Waals surface area (Å²) in [4.78, 5) is 0. The van der Waals surface area contributed by atoms with Crippen LogP contribution in [0.4, 0.5) is 0 Å². The van der Waals surface area contributed by atoms with E-state index in [4.69, 9.17) is 0 Å². The first kappa shape index (κ1) is 9.27. The summed E-state index contributed by atoms with van der Waals surface area (Å²) in [6.45, 7) is 4.37. The summed E-state index contributed by atoms with van der Waals surface area (Å²) in [5.41, 5.74) is 1.35. The fourth-order valence-electron chi connectivity index (χ4n) is 0.966. The molecule has 1 rings (SSSR count). The molecular weight excluding hydrogens is 268 g/mol. The molecule has 0 saturated heterocycles. The zero-order chi connectivity index (χ0) is 8.43. The van der Waals surface area contributed by atoms with Crippen LogP contribution in [0.5, 0.6) is 0 Å². The van der Waals surface area contributed by atoms with Crippen LogP contribution in [0.25, 0.3) is 0 Å². The second-order valence-corrected chi connectivity index (χ2v) is 4.45. The monoisotopic (exact) mass is 276 g/mol. The molecule has 0 aliphatic heterocycles. The Morgan fingerprint density at radius 2 is 1.82 bits per heavy atom. The first-order chi connectivity index (χ1) is 5.13. The molecular formula is C9H10Br2. The van der Waals surface area contributed by atoms with Crippen molar-refractivity contribution in [1.82, 2.24) is 0 Å². The highest BCUT2D eigenvalue weighted by molar-refractivity contribution is 9.13. The van der Waals surface area contributed by atoms with Gasteiger partial charge in [0.1, 0.15) is 0 Å². The summed E-state index contributed by atoms with van der Waals surface area (Å²) in [7, 11) is 0. The Morgan fingerprint density at radius 1 is 1.18 bits per heavy atom. The maximum absolute atomic E-state index is 3.53. The maximum Gasteiger partial charge on any atom is 0.0352 e. The van der Waals surface area contributed by atoms with E-state index >= 15 is 0 Å². The van der Waals surface area contributed by atoms with E-state index in [0.29, 0.717) is 5.92 Å². The average molecular weight is 278 g/mol. The summed E-state index contributed by atoms with van der Waals surface area (Å²) < 4.78 is 2.30. The van der Waals surface area contributed by atoms with Crippen molar-refractivity contribution in [2.75, 3.05) is 0 Å². The van der Waals surface area contributed by atoms with Crippen LogP contribution < -0.4 is 0 Å². The summed E-state index contributed by atoms with van der Waals surface area (Å²) in [6.07, 6.45) is 0. The van der Waals surface area contributed by atoms with Crippen LogP contribution in [0.3, 0.4) is 0 Å². The third-order valence-electron chi connectivity index (χ3n) is 1.60. The van der Waals surface area contributed by atoms with Crippen LogP contribution in [-0.2, 0) is 0 Å². The predicted molar refractivity (Wildman–Crippen MR) is 55.9 cm³/mol. The molecule has 2 heteroatoms. The minimum absolute atomic E-state index is 0.571. The molecule has 0 fully saturated rings. The van der Waals surface area contributed by atoms with Crippen molar-refractivity contribution in [2.24, 2.45) is 0 Å². The maximum atomic E-state index is 3.53. The van der Waals surface area contributed by atoms with E-state index in [1.807, 2.05) is 6.07 Å². The second kappa shape index (κ2) is 3.72. The molecule has 0 heterocycles. The first-order valence-electron chi connectivity index (χ1n) is 3.57. The van der Waals surface area contributed by atoms with Crippen molar-refractivity contribution in [2.45, 2.75) is 19.8 Å². The van der Waals surface area contributed by atoms with Crippen LogP contribution in [0.15, 0.2) is 27.1 Å². The van der Waals surface area contributed by atoms with E-state index in [9.17, 15) is 0 Å². The van der Waals surface area contributed by atoms with Gasteiger partial charge in [0.05, 0.1) is 0 Å². The predicted octanol–water partition coefficient (Wildman–Crippen LogP) is 4.34. The molecule has 1 aromatic carbocycles. The number of hydrogen-bond donors (Lipinski definition) is 0. The van der Waals surface area contributed by atoms with Gasteiger partial charge in [-0.3, -0.25) is 0 Å². The highest BCUT2D eigenvalue weighted by atomic mass is 79.9. The molecule has 0 N–H and O–H groups in total. The van der Waals surface area contributed by atoms with Gasteiger partial charge in [-0.25, -0.2) is 0 Å². The van der Waals surface area contributed by atoms with Crippen LogP contribution in [0, 0.1) is 0 Å². The second-order valence-electron chi connectivity index (χ2n) is 2.80. The molecule has 11 heavy (non-hydrogen) atoms.